The first-order chi connectivity index (χ1) is 18.1. The van der Waals surface area contributed by atoms with E-state index < -0.39 is 12.2 Å². The van der Waals surface area contributed by atoms with Crippen LogP contribution >= 0.6 is 11.3 Å². The molecule has 0 spiro atoms. The molecule has 4 aromatic rings. The number of carbonyl (C=O) groups excluding carboxylic acids is 2. The maximum absolute atomic E-state index is 12.8. The Morgan fingerprint density at radius 3 is 2.58 bits per heavy atom. The fourth-order valence-electron chi connectivity index (χ4n) is 3.88. The van der Waals surface area contributed by atoms with Crippen LogP contribution in [0.15, 0.2) is 54.6 Å². The molecule has 4 rings (SSSR count). The Morgan fingerprint density at radius 1 is 1.16 bits per heavy atom. The van der Waals surface area contributed by atoms with Crippen molar-refractivity contribution in [3.8, 4) is 5.75 Å². The van der Waals surface area contributed by atoms with Crippen molar-refractivity contribution in [3.05, 3.63) is 76.4 Å². The number of ether oxygens (including phenoxy) is 2. The normalized spacial score (nSPS) is 11.7. The molecule has 2 aromatic carbocycles. The molecular formula is C27H30N6O4S. The summed E-state index contributed by atoms with van der Waals surface area (Å²) in [6.07, 6.45) is -1.25. The molecule has 2 amide bonds. The molecule has 0 aliphatic heterocycles. The van der Waals surface area contributed by atoms with Crippen LogP contribution in [0.4, 0.5) is 10.5 Å². The summed E-state index contributed by atoms with van der Waals surface area (Å²) in [6, 6.07) is 17.0. The van der Waals surface area contributed by atoms with Gasteiger partial charge in [-0.15, -0.1) is 11.3 Å². The van der Waals surface area contributed by atoms with Crippen LogP contribution in [-0.2, 0) is 16.1 Å². The first-order valence-corrected chi connectivity index (χ1v) is 12.7. The fourth-order valence-corrected chi connectivity index (χ4v) is 4.82. The standard InChI is InChI=1S/C27H30N6O4S/c1-16-25(17(2)33(31-16)14-24(34)32(3)4)30-27(35)36-15-21(18-9-6-5-7-10-18)37-20-11-8-12-22-19(20)13-23(38-22)26(28)29/h5-13,21H,14-15H2,1-4H3,(H3,28,29)(H,30,35). The van der Waals surface area contributed by atoms with Gasteiger partial charge >= 0.3 is 6.09 Å². The number of fused-ring (bicyclic) bond motifs is 1. The van der Waals surface area contributed by atoms with Crippen LogP contribution in [0.5, 0.6) is 5.75 Å². The third-order valence-corrected chi connectivity index (χ3v) is 7.12. The topological polar surface area (TPSA) is 136 Å². The van der Waals surface area contributed by atoms with Crippen molar-refractivity contribution in [2.24, 2.45) is 5.73 Å². The lowest BCUT2D eigenvalue weighted by Gasteiger charge is -2.20. The minimum absolute atomic E-state index is 0.00301. The second kappa shape index (κ2) is 11.3. The van der Waals surface area contributed by atoms with Gasteiger partial charge in [-0.25, -0.2) is 4.79 Å². The number of nitrogens with one attached hydrogen (secondary N) is 2. The maximum Gasteiger partial charge on any atom is 0.411 e. The molecule has 0 bridgehead atoms. The van der Waals surface area contributed by atoms with Gasteiger partial charge in [-0.05, 0) is 37.6 Å². The van der Waals surface area contributed by atoms with Crippen molar-refractivity contribution in [1.29, 1.82) is 5.41 Å². The molecule has 1 unspecified atom stereocenters. The number of amides is 2. The minimum atomic E-state index is -0.660. The Labute approximate surface area is 224 Å². The Hall–Kier alpha value is -4.38. The highest BCUT2D eigenvalue weighted by atomic mass is 32.1. The van der Waals surface area contributed by atoms with E-state index in [0.717, 1.165) is 15.6 Å². The molecule has 11 heteroatoms. The Kier molecular flexibility index (Phi) is 7.96. The van der Waals surface area contributed by atoms with Gasteiger partial charge in [-0.3, -0.25) is 20.2 Å². The zero-order valence-electron chi connectivity index (χ0n) is 21.6. The zero-order chi connectivity index (χ0) is 27.4. The van der Waals surface area contributed by atoms with Crippen LogP contribution in [-0.4, -0.2) is 53.2 Å². The second-order valence-electron chi connectivity index (χ2n) is 8.92. The summed E-state index contributed by atoms with van der Waals surface area (Å²) < 4.78 is 14.4. The molecule has 0 aliphatic rings. The average molecular weight is 535 g/mol. The predicted octanol–water partition coefficient (Wildman–Crippen LogP) is 4.46. The van der Waals surface area contributed by atoms with Crippen LogP contribution in [0, 0.1) is 19.3 Å². The SMILES string of the molecule is Cc1nn(CC(=O)N(C)C)c(C)c1NC(=O)OCC(Oc1cccc2sc(C(=N)N)cc12)c1ccccc1. The molecule has 1 atom stereocenters. The first kappa shape index (κ1) is 26.7. The van der Waals surface area contributed by atoms with Crippen LogP contribution in [0.1, 0.15) is 27.9 Å². The van der Waals surface area contributed by atoms with Crippen molar-refractivity contribution in [2.75, 3.05) is 26.0 Å². The largest absolute Gasteiger partial charge is 0.481 e. The third kappa shape index (κ3) is 5.94. The molecular weight excluding hydrogens is 504 g/mol. The summed E-state index contributed by atoms with van der Waals surface area (Å²) in [5, 5.41) is 15.7. The molecule has 0 saturated heterocycles. The minimum Gasteiger partial charge on any atom is -0.481 e. The van der Waals surface area contributed by atoms with Gasteiger partial charge in [0.15, 0.2) is 6.10 Å². The summed E-state index contributed by atoms with van der Waals surface area (Å²) in [4.78, 5) is 27.0. The van der Waals surface area contributed by atoms with E-state index in [4.69, 9.17) is 20.6 Å². The van der Waals surface area contributed by atoms with Crippen LogP contribution in [0.25, 0.3) is 10.1 Å². The van der Waals surface area contributed by atoms with E-state index in [-0.39, 0.29) is 24.9 Å². The van der Waals surface area contributed by atoms with Gasteiger partial charge in [0, 0.05) is 24.2 Å². The number of benzene rings is 2. The van der Waals surface area contributed by atoms with Crippen LogP contribution in [0.3, 0.4) is 0 Å². The number of nitrogens with zero attached hydrogens (tertiary/aromatic N) is 3. The Morgan fingerprint density at radius 2 is 1.89 bits per heavy atom. The number of likely N-dealkylation sites (N-methyl/N-ethyl adjacent to an activating group) is 1. The number of thiophene rings is 1. The Bertz CT molecular complexity index is 1480. The quantitative estimate of drug-likeness (QED) is 0.214. The van der Waals surface area contributed by atoms with E-state index in [1.165, 1.54) is 16.2 Å². The average Bonchev–Trinajstić information content (AvgIpc) is 3.44. The van der Waals surface area contributed by atoms with Crippen LogP contribution in [0.2, 0.25) is 0 Å². The number of aromatic nitrogens is 2. The first-order valence-electron chi connectivity index (χ1n) is 11.9. The number of carbonyl (C=O) groups is 2. The summed E-state index contributed by atoms with van der Waals surface area (Å²) in [7, 11) is 3.35. The van der Waals surface area contributed by atoms with Gasteiger partial charge in [0.05, 0.1) is 22.0 Å². The summed E-state index contributed by atoms with van der Waals surface area (Å²) >= 11 is 1.42. The zero-order valence-corrected chi connectivity index (χ0v) is 22.5. The van der Waals surface area contributed by atoms with Gasteiger partial charge in [0.25, 0.3) is 0 Å². The molecule has 38 heavy (non-hydrogen) atoms. The highest BCUT2D eigenvalue weighted by Crippen LogP contribution is 2.35. The predicted molar refractivity (Wildman–Crippen MR) is 148 cm³/mol. The van der Waals surface area contributed by atoms with E-state index in [1.807, 2.05) is 54.6 Å². The van der Waals surface area contributed by atoms with Crippen molar-refractivity contribution in [2.45, 2.75) is 26.5 Å². The van der Waals surface area contributed by atoms with Crippen molar-refractivity contribution < 1.29 is 19.1 Å². The van der Waals surface area contributed by atoms with Gasteiger partial charge in [0.2, 0.25) is 5.91 Å². The number of rotatable bonds is 9. The van der Waals surface area contributed by atoms with Gasteiger partial charge in [-0.2, -0.15) is 5.10 Å². The van der Waals surface area contributed by atoms with Crippen molar-refractivity contribution in [1.82, 2.24) is 14.7 Å². The van der Waals surface area contributed by atoms with E-state index in [1.54, 1.807) is 32.6 Å². The molecule has 0 radical (unpaired) electrons. The van der Waals surface area contributed by atoms with Gasteiger partial charge in [0.1, 0.15) is 24.7 Å². The molecule has 0 fully saturated rings. The molecule has 4 N–H and O–H groups in total. The lowest BCUT2D eigenvalue weighted by atomic mass is 10.1. The third-order valence-electron chi connectivity index (χ3n) is 5.99. The van der Waals surface area contributed by atoms with Crippen molar-refractivity contribution in [3.63, 3.8) is 0 Å². The van der Waals surface area contributed by atoms with E-state index >= 15 is 0 Å². The van der Waals surface area contributed by atoms with Gasteiger partial charge < -0.3 is 20.1 Å². The smallest absolute Gasteiger partial charge is 0.411 e. The van der Waals surface area contributed by atoms with Crippen LogP contribution < -0.4 is 15.8 Å². The highest BCUT2D eigenvalue weighted by molar-refractivity contribution is 7.20. The maximum atomic E-state index is 12.8. The van der Waals surface area contributed by atoms with E-state index in [9.17, 15) is 9.59 Å². The number of aryl methyl sites for hydroxylation is 1. The highest BCUT2D eigenvalue weighted by Gasteiger charge is 2.21. The fraction of sp³-hybridized carbons (Fsp3) is 0.259. The second-order valence-corrected chi connectivity index (χ2v) is 10.0. The van der Waals surface area contributed by atoms with Crippen molar-refractivity contribution >= 4 is 44.9 Å². The number of nitrogen functional groups attached to an aromatic ring is 1. The summed E-state index contributed by atoms with van der Waals surface area (Å²) in [5.74, 6) is 0.489. The number of nitrogens with two attached hydrogens (primary N) is 1. The lowest BCUT2D eigenvalue weighted by Crippen LogP contribution is -2.27. The molecule has 2 heterocycles. The number of hydrogen-bond acceptors (Lipinski definition) is 7. The van der Waals surface area contributed by atoms with E-state index in [0.29, 0.717) is 27.7 Å². The number of anilines is 1. The van der Waals surface area contributed by atoms with E-state index in [2.05, 4.69) is 10.4 Å². The lowest BCUT2D eigenvalue weighted by molar-refractivity contribution is -0.129. The molecule has 0 aliphatic carbocycles. The Balaban J connectivity index is 1.50. The monoisotopic (exact) mass is 534 g/mol. The molecule has 10 nitrogen and oxygen atoms in total. The molecule has 198 valence electrons. The summed E-state index contributed by atoms with van der Waals surface area (Å²) in [5.41, 5.74) is 8.25. The number of hydrogen-bond donors (Lipinski definition) is 3. The van der Waals surface area contributed by atoms with Gasteiger partial charge in [-0.1, -0.05) is 36.4 Å². The molecule has 2 aromatic heterocycles. The molecule has 0 saturated carbocycles. The number of amidine groups is 1. The summed E-state index contributed by atoms with van der Waals surface area (Å²) in [6.45, 7) is 3.55.